The van der Waals surface area contributed by atoms with Crippen LogP contribution in [0.5, 0.6) is 0 Å². The maximum absolute atomic E-state index is 5.06. The van der Waals surface area contributed by atoms with Crippen LogP contribution in [-0.4, -0.2) is 59.3 Å². The molecule has 24 heavy (non-hydrogen) atoms. The summed E-state index contributed by atoms with van der Waals surface area (Å²) >= 11 is 0. The molecule has 0 aliphatic heterocycles. The maximum atomic E-state index is 5.06. The summed E-state index contributed by atoms with van der Waals surface area (Å²) in [6.45, 7) is 10.9. The molecule has 0 bridgehead atoms. The monoisotopic (exact) mass is 348 g/mol. The zero-order chi connectivity index (χ0) is 19.1. The highest BCUT2D eigenvalue weighted by Gasteiger charge is 2.19. The van der Waals surface area contributed by atoms with Crippen LogP contribution in [0.3, 0.4) is 0 Å². The minimum atomic E-state index is -0.574. The predicted molar refractivity (Wildman–Crippen MR) is 94.3 cm³/mol. The average molecular weight is 348 g/mol. The molecule has 0 aromatic rings. The second kappa shape index (κ2) is 14.4. The first-order valence-electron chi connectivity index (χ1n) is 8.11. The molecular weight excluding hydrogens is 312 g/mol. The first-order chi connectivity index (χ1) is 11.2. The van der Waals surface area contributed by atoms with Gasteiger partial charge in [0, 0.05) is 34.9 Å². The van der Waals surface area contributed by atoms with Gasteiger partial charge in [-0.25, -0.2) is 0 Å². The Labute approximate surface area is 147 Å². The molecule has 0 heterocycles. The van der Waals surface area contributed by atoms with Crippen LogP contribution in [0.4, 0.5) is 0 Å². The van der Waals surface area contributed by atoms with E-state index in [4.69, 9.17) is 18.9 Å². The van der Waals surface area contributed by atoms with E-state index in [9.17, 15) is 0 Å². The number of rotatable bonds is 11. The summed E-state index contributed by atoms with van der Waals surface area (Å²) in [6.07, 6.45) is 1.66. The average Bonchev–Trinajstić information content (AvgIpc) is 2.57. The lowest BCUT2D eigenvalue weighted by Crippen LogP contribution is -2.23. The third-order valence-electron chi connectivity index (χ3n) is 2.94. The fraction of sp³-hybridized carbons (Fsp3) is 1.00. The Balaban J connectivity index is 0. The van der Waals surface area contributed by atoms with Gasteiger partial charge in [0.25, 0.3) is 0 Å². The topological polar surface area (TPSA) is 86.4 Å². The lowest BCUT2D eigenvalue weighted by molar-refractivity contribution is -0.104. The number of nitrogens with zero attached hydrogens (tertiary/aromatic N) is 4. The lowest BCUT2D eigenvalue weighted by atomic mass is 10.3. The summed E-state index contributed by atoms with van der Waals surface area (Å²) in [4.78, 5) is 0. The molecule has 0 amide bonds. The van der Waals surface area contributed by atoms with Crippen molar-refractivity contribution in [3.05, 3.63) is 0 Å². The molecule has 0 saturated heterocycles. The van der Waals surface area contributed by atoms with E-state index in [0.717, 1.165) is 19.4 Å². The normalized spacial score (nSPS) is 12.9. The van der Waals surface area contributed by atoms with Crippen LogP contribution >= 0.6 is 0 Å². The van der Waals surface area contributed by atoms with Crippen molar-refractivity contribution in [1.82, 2.24) is 0 Å². The quantitative estimate of drug-likeness (QED) is 0.416. The molecule has 0 unspecified atom stereocenters. The Morgan fingerprint density at radius 1 is 0.750 bits per heavy atom. The van der Waals surface area contributed by atoms with E-state index < -0.39 is 11.4 Å². The number of methoxy groups -OCH3 is 4. The molecule has 0 spiro atoms. The minimum Gasteiger partial charge on any atom is -0.356 e. The predicted octanol–water partition coefficient (Wildman–Crippen LogP) is 4.06. The Kier molecular flexibility index (Phi) is 15.2. The van der Waals surface area contributed by atoms with Crippen molar-refractivity contribution in [2.75, 3.05) is 41.5 Å². The van der Waals surface area contributed by atoms with Gasteiger partial charge in [-0.2, -0.15) is 20.5 Å². The van der Waals surface area contributed by atoms with Crippen LogP contribution in [0.25, 0.3) is 0 Å². The lowest BCUT2D eigenvalue weighted by Gasteiger charge is -2.20. The highest BCUT2D eigenvalue weighted by molar-refractivity contribution is 4.66. The first kappa shape index (κ1) is 25.3. The van der Waals surface area contributed by atoms with Crippen molar-refractivity contribution in [2.45, 2.75) is 65.2 Å². The fourth-order valence-corrected chi connectivity index (χ4v) is 1.06. The smallest absolute Gasteiger partial charge is 0.173 e. The summed E-state index contributed by atoms with van der Waals surface area (Å²) in [5.74, 6) is 0. The van der Waals surface area contributed by atoms with Gasteiger partial charge in [0.05, 0.1) is 13.1 Å². The Morgan fingerprint density at radius 3 is 1.50 bits per heavy atom. The molecular formula is C16H36N4O4. The van der Waals surface area contributed by atoms with Gasteiger partial charge in [0.2, 0.25) is 0 Å². The van der Waals surface area contributed by atoms with Crippen LogP contribution in [-0.2, 0) is 18.9 Å². The third kappa shape index (κ3) is 15.9. The molecule has 0 rings (SSSR count). The maximum Gasteiger partial charge on any atom is 0.173 e. The molecule has 0 N–H and O–H groups in total. The van der Waals surface area contributed by atoms with Gasteiger partial charge in [-0.05, 0) is 34.1 Å². The van der Waals surface area contributed by atoms with Crippen LogP contribution in [0.15, 0.2) is 20.5 Å². The van der Waals surface area contributed by atoms with E-state index >= 15 is 0 Å². The van der Waals surface area contributed by atoms with E-state index in [2.05, 4.69) is 27.4 Å². The Hall–Kier alpha value is -0.960. The third-order valence-corrected chi connectivity index (χ3v) is 2.94. The Morgan fingerprint density at radius 2 is 1.17 bits per heavy atom. The van der Waals surface area contributed by atoms with Crippen LogP contribution in [0.2, 0.25) is 0 Å². The molecule has 0 aliphatic rings. The molecule has 0 fully saturated rings. The number of azo groups is 2. The molecule has 0 atom stereocenters. The van der Waals surface area contributed by atoms with E-state index in [1.807, 2.05) is 27.7 Å². The fourth-order valence-electron chi connectivity index (χ4n) is 1.06. The second-order valence-electron chi connectivity index (χ2n) is 5.92. The van der Waals surface area contributed by atoms with Gasteiger partial charge >= 0.3 is 0 Å². The van der Waals surface area contributed by atoms with Gasteiger partial charge in [-0.1, -0.05) is 6.92 Å². The van der Waals surface area contributed by atoms with Crippen molar-refractivity contribution < 1.29 is 18.9 Å². The zero-order valence-electron chi connectivity index (χ0n) is 16.8. The van der Waals surface area contributed by atoms with Gasteiger partial charge in [-0.15, -0.1) is 0 Å². The molecule has 0 aliphatic carbocycles. The molecule has 8 nitrogen and oxygen atoms in total. The van der Waals surface area contributed by atoms with Crippen LogP contribution < -0.4 is 0 Å². The van der Waals surface area contributed by atoms with Crippen LogP contribution in [0, 0.1) is 0 Å². The minimum absolute atomic E-state index is 0.148. The van der Waals surface area contributed by atoms with Gasteiger partial charge in [0.15, 0.2) is 17.7 Å². The largest absolute Gasteiger partial charge is 0.356 e. The summed E-state index contributed by atoms with van der Waals surface area (Å²) < 4.78 is 20.1. The summed E-state index contributed by atoms with van der Waals surface area (Å²) in [6, 6.07) is 0. The van der Waals surface area contributed by atoms with Gasteiger partial charge in [0.1, 0.15) is 0 Å². The van der Waals surface area contributed by atoms with Crippen molar-refractivity contribution in [2.24, 2.45) is 20.5 Å². The van der Waals surface area contributed by atoms with Crippen molar-refractivity contribution in [1.29, 1.82) is 0 Å². The van der Waals surface area contributed by atoms with E-state index in [1.54, 1.807) is 28.4 Å². The SMILES string of the molecule is CCCN=NCCC(OC)OC.COC(C)(C)N=NC(C)(C)OC. The molecule has 0 saturated carbocycles. The number of hydrogen-bond donors (Lipinski definition) is 0. The summed E-state index contributed by atoms with van der Waals surface area (Å²) in [5.41, 5.74) is -1.15. The van der Waals surface area contributed by atoms with Crippen molar-refractivity contribution in [3.63, 3.8) is 0 Å². The second-order valence-corrected chi connectivity index (χ2v) is 5.92. The van der Waals surface area contributed by atoms with Crippen molar-refractivity contribution in [3.8, 4) is 0 Å². The van der Waals surface area contributed by atoms with E-state index in [-0.39, 0.29) is 6.29 Å². The van der Waals surface area contributed by atoms with E-state index in [0.29, 0.717) is 6.54 Å². The molecule has 144 valence electrons. The molecule has 8 heteroatoms. The highest BCUT2D eigenvalue weighted by Crippen LogP contribution is 2.16. The number of hydrogen-bond acceptors (Lipinski definition) is 8. The zero-order valence-corrected chi connectivity index (χ0v) is 16.8. The van der Waals surface area contributed by atoms with E-state index in [1.165, 1.54) is 0 Å². The number of ether oxygens (including phenoxy) is 4. The first-order valence-corrected chi connectivity index (χ1v) is 8.11. The van der Waals surface area contributed by atoms with Gasteiger partial charge < -0.3 is 18.9 Å². The van der Waals surface area contributed by atoms with Crippen molar-refractivity contribution >= 4 is 0 Å². The highest BCUT2D eigenvalue weighted by atomic mass is 16.7. The summed E-state index contributed by atoms with van der Waals surface area (Å²) in [5, 5.41) is 15.9. The molecule has 0 aromatic carbocycles. The summed E-state index contributed by atoms with van der Waals surface area (Å²) in [7, 11) is 6.44. The Bertz CT molecular complexity index is 325. The molecule has 0 radical (unpaired) electrons. The molecule has 0 aromatic heterocycles. The standard InChI is InChI=1S/2C8H18N2O2/c1-7(2,11-5)9-10-8(3,4)12-6;1-4-6-9-10-7-5-8(11-2)12-3/h1-6H3;8H,4-7H2,1-3H3. The van der Waals surface area contributed by atoms with Crippen LogP contribution in [0.1, 0.15) is 47.5 Å². The van der Waals surface area contributed by atoms with Gasteiger partial charge in [-0.3, -0.25) is 0 Å².